The molecule has 1 aliphatic carbocycles. The maximum Gasteiger partial charge on any atom is 0.126 e. The van der Waals surface area contributed by atoms with E-state index in [1.807, 2.05) is 7.05 Å². The van der Waals surface area contributed by atoms with Gasteiger partial charge in [-0.05, 0) is 56.0 Å². The minimum atomic E-state index is -0.148. The van der Waals surface area contributed by atoms with Gasteiger partial charge in [-0.1, -0.05) is 37.3 Å². The van der Waals surface area contributed by atoms with Crippen molar-refractivity contribution in [1.82, 2.24) is 5.32 Å². The van der Waals surface area contributed by atoms with Crippen LogP contribution < -0.4 is 5.32 Å². The van der Waals surface area contributed by atoms with Crippen molar-refractivity contribution >= 4 is 11.6 Å². The maximum atomic E-state index is 13.7. The Morgan fingerprint density at radius 1 is 1.37 bits per heavy atom. The fourth-order valence-corrected chi connectivity index (χ4v) is 3.24. The molecule has 106 valence electrons. The highest BCUT2D eigenvalue weighted by molar-refractivity contribution is 6.30. The summed E-state index contributed by atoms with van der Waals surface area (Å²) in [7, 11) is 1.96. The SMILES string of the molecule is CNC(CCC1CCCC1)Cc1cc(Cl)ccc1F. The Morgan fingerprint density at radius 3 is 2.79 bits per heavy atom. The van der Waals surface area contributed by atoms with E-state index in [1.165, 1.54) is 38.2 Å². The third-order valence-corrected chi connectivity index (χ3v) is 4.52. The molecule has 1 aromatic rings. The minimum absolute atomic E-state index is 0.148. The highest BCUT2D eigenvalue weighted by Gasteiger charge is 2.17. The molecule has 1 aromatic carbocycles. The maximum absolute atomic E-state index is 13.7. The number of rotatable bonds is 6. The van der Waals surface area contributed by atoms with E-state index in [-0.39, 0.29) is 5.82 Å². The van der Waals surface area contributed by atoms with E-state index in [4.69, 9.17) is 11.6 Å². The van der Waals surface area contributed by atoms with Crippen LogP contribution in [0.4, 0.5) is 4.39 Å². The minimum Gasteiger partial charge on any atom is -0.317 e. The summed E-state index contributed by atoms with van der Waals surface area (Å²) in [4.78, 5) is 0. The van der Waals surface area contributed by atoms with Gasteiger partial charge in [0.05, 0.1) is 0 Å². The van der Waals surface area contributed by atoms with Crippen molar-refractivity contribution in [2.45, 2.75) is 51.0 Å². The summed E-state index contributed by atoms with van der Waals surface area (Å²) in [5.41, 5.74) is 0.721. The van der Waals surface area contributed by atoms with E-state index < -0.39 is 0 Å². The number of likely N-dealkylation sites (N-methyl/N-ethyl adjacent to an activating group) is 1. The van der Waals surface area contributed by atoms with Crippen LogP contribution in [0.3, 0.4) is 0 Å². The molecule has 1 N–H and O–H groups in total. The molecule has 0 spiro atoms. The molecule has 0 aliphatic heterocycles. The van der Waals surface area contributed by atoms with E-state index in [2.05, 4.69) is 5.32 Å². The third-order valence-electron chi connectivity index (χ3n) is 4.28. The van der Waals surface area contributed by atoms with E-state index in [0.29, 0.717) is 11.1 Å². The van der Waals surface area contributed by atoms with Crippen LogP contribution in [-0.4, -0.2) is 13.1 Å². The van der Waals surface area contributed by atoms with E-state index >= 15 is 0 Å². The van der Waals surface area contributed by atoms with Gasteiger partial charge in [-0.15, -0.1) is 0 Å². The van der Waals surface area contributed by atoms with Crippen LogP contribution in [-0.2, 0) is 6.42 Å². The zero-order chi connectivity index (χ0) is 13.7. The first-order chi connectivity index (χ1) is 9.19. The molecule has 0 heterocycles. The van der Waals surface area contributed by atoms with Crippen LogP contribution in [0, 0.1) is 11.7 Å². The second kappa shape index (κ2) is 7.25. The van der Waals surface area contributed by atoms with Crippen LogP contribution in [0.2, 0.25) is 5.02 Å². The van der Waals surface area contributed by atoms with E-state index in [9.17, 15) is 4.39 Å². The van der Waals surface area contributed by atoms with Crippen LogP contribution in [0.25, 0.3) is 0 Å². The molecule has 1 fully saturated rings. The lowest BCUT2D eigenvalue weighted by Crippen LogP contribution is -2.28. The lowest BCUT2D eigenvalue weighted by molar-refractivity contribution is 0.415. The second-order valence-electron chi connectivity index (χ2n) is 5.65. The van der Waals surface area contributed by atoms with Crippen molar-refractivity contribution in [3.63, 3.8) is 0 Å². The van der Waals surface area contributed by atoms with Crippen LogP contribution in [0.1, 0.15) is 44.1 Å². The summed E-state index contributed by atoms with van der Waals surface area (Å²) in [6, 6.07) is 5.15. The monoisotopic (exact) mass is 283 g/mol. The predicted molar refractivity (Wildman–Crippen MR) is 79.2 cm³/mol. The van der Waals surface area contributed by atoms with Crippen molar-refractivity contribution < 1.29 is 4.39 Å². The molecule has 1 aliphatic rings. The van der Waals surface area contributed by atoms with Crippen molar-refractivity contribution in [2.75, 3.05) is 7.05 Å². The quantitative estimate of drug-likeness (QED) is 0.806. The molecule has 1 unspecified atom stereocenters. The molecule has 0 aromatic heterocycles. The van der Waals surface area contributed by atoms with Gasteiger partial charge in [0.15, 0.2) is 0 Å². The zero-order valence-corrected chi connectivity index (χ0v) is 12.3. The average molecular weight is 284 g/mol. The summed E-state index contributed by atoms with van der Waals surface area (Å²) in [6.45, 7) is 0. The van der Waals surface area contributed by atoms with Crippen LogP contribution in [0.5, 0.6) is 0 Å². The molecular formula is C16H23ClFN. The molecule has 0 bridgehead atoms. The fourth-order valence-electron chi connectivity index (χ4n) is 3.05. The normalized spacial score (nSPS) is 17.8. The first-order valence-corrected chi connectivity index (χ1v) is 7.68. The highest BCUT2D eigenvalue weighted by atomic mass is 35.5. The third kappa shape index (κ3) is 4.47. The first-order valence-electron chi connectivity index (χ1n) is 7.30. The summed E-state index contributed by atoms with van der Waals surface area (Å²) >= 11 is 5.94. The number of hydrogen-bond donors (Lipinski definition) is 1. The number of halogens is 2. The van der Waals surface area contributed by atoms with Crippen molar-refractivity contribution in [3.05, 3.63) is 34.6 Å². The summed E-state index contributed by atoms with van der Waals surface area (Å²) in [5.74, 6) is 0.741. The molecular weight excluding hydrogens is 261 g/mol. The van der Waals surface area contributed by atoms with Gasteiger partial charge in [-0.25, -0.2) is 4.39 Å². The molecule has 19 heavy (non-hydrogen) atoms. The molecule has 1 atom stereocenters. The van der Waals surface area contributed by atoms with Gasteiger partial charge in [-0.2, -0.15) is 0 Å². The van der Waals surface area contributed by atoms with Gasteiger partial charge < -0.3 is 5.32 Å². The van der Waals surface area contributed by atoms with Crippen LogP contribution >= 0.6 is 11.6 Å². The smallest absolute Gasteiger partial charge is 0.126 e. The lowest BCUT2D eigenvalue weighted by Gasteiger charge is -2.19. The second-order valence-corrected chi connectivity index (χ2v) is 6.09. The van der Waals surface area contributed by atoms with Gasteiger partial charge in [0.25, 0.3) is 0 Å². The first kappa shape index (κ1) is 14.8. The predicted octanol–water partition coefficient (Wildman–Crippen LogP) is 4.58. The van der Waals surface area contributed by atoms with Gasteiger partial charge in [0.2, 0.25) is 0 Å². The van der Waals surface area contributed by atoms with Gasteiger partial charge in [0.1, 0.15) is 5.82 Å². The lowest BCUT2D eigenvalue weighted by atomic mass is 9.95. The van der Waals surface area contributed by atoms with Crippen LogP contribution in [0.15, 0.2) is 18.2 Å². The van der Waals surface area contributed by atoms with Crippen molar-refractivity contribution in [1.29, 1.82) is 0 Å². The Labute approximate surface area is 120 Å². The standard InChI is InChI=1S/C16H23ClFN/c1-19-15(8-6-12-4-2-3-5-12)11-13-10-14(17)7-9-16(13)18/h7,9-10,12,15,19H,2-6,8,11H2,1H3. The molecule has 1 nitrogen and oxygen atoms in total. The Balaban J connectivity index is 1.88. The number of hydrogen-bond acceptors (Lipinski definition) is 1. The molecule has 1 saturated carbocycles. The van der Waals surface area contributed by atoms with Gasteiger partial charge in [-0.3, -0.25) is 0 Å². The number of nitrogens with one attached hydrogen (secondary N) is 1. The Hall–Kier alpha value is -0.600. The topological polar surface area (TPSA) is 12.0 Å². The Kier molecular flexibility index (Phi) is 5.65. The summed E-state index contributed by atoms with van der Waals surface area (Å²) in [5, 5.41) is 3.92. The Bertz CT molecular complexity index is 402. The average Bonchev–Trinajstić information content (AvgIpc) is 2.91. The molecule has 0 radical (unpaired) electrons. The van der Waals surface area contributed by atoms with Gasteiger partial charge >= 0.3 is 0 Å². The van der Waals surface area contributed by atoms with Crippen molar-refractivity contribution in [2.24, 2.45) is 5.92 Å². The van der Waals surface area contributed by atoms with Gasteiger partial charge in [0, 0.05) is 11.1 Å². The molecule has 0 amide bonds. The number of benzene rings is 1. The van der Waals surface area contributed by atoms with E-state index in [1.54, 1.807) is 12.1 Å². The zero-order valence-electron chi connectivity index (χ0n) is 11.6. The van der Waals surface area contributed by atoms with Crippen molar-refractivity contribution in [3.8, 4) is 0 Å². The molecule has 2 rings (SSSR count). The molecule has 0 saturated heterocycles. The highest BCUT2D eigenvalue weighted by Crippen LogP contribution is 2.29. The summed E-state index contributed by atoms with van der Waals surface area (Å²) in [6.07, 6.45) is 8.62. The largest absolute Gasteiger partial charge is 0.317 e. The molecule has 3 heteroatoms. The van der Waals surface area contributed by atoms with E-state index in [0.717, 1.165) is 24.3 Å². The fraction of sp³-hybridized carbons (Fsp3) is 0.625. The Morgan fingerprint density at radius 2 is 2.11 bits per heavy atom. The summed E-state index contributed by atoms with van der Waals surface area (Å²) < 4.78 is 13.7.